The summed E-state index contributed by atoms with van der Waals surface area (Å²) in [5.74, 6) is -0.201. The Balaban J connectivity index is 2.17. The second-order valence-corrected chi connectivity index (χ2v) is 5.40. The highest BCUT2D eigenvalue weighted by molar-refractivity contribution is 7.80. The summed E-state index contributed by atoms with van der Waals surface area (Å²) in [5, 5.41) is 16.8. The minimum atomic E-state index is -0.515. The monoisotopic (exact) mass is 375 g/mol. The summed E-state index contributed by atoms with van der Waals surface area (Å²) in [6.45, 7) is 1.98. The van der Waals surface area contributed by atoms with Gasteiger partial charge in [0.2, 0.25) is 0 Å². The first-order chi connectivity index (χ1) is 12.5. The summed E-state index contributed by atoms with van der Waals surface area (Å²) in [7, 11) is 1.40. The fraction of sp³-hybridized carbons (Fsp3) is 0.176. The van der Waals surface area contributed by atoms with Crippen molar-refractivity contribution in [2.24, 2.45) is 0 Å². The topological polar surface area (TPSA) is 103 Å². The van der Waals surface area contributed by atoms with E-state index in [1.54, 1.807) is 31.2 Å². The van der Waals surface area contributed by atoms with Gasteiger partial charge in [0.15, 0.2) is 5.11 Å². The molecule has 2 rings (SSSR count). The number of thiocarbonyl (C=S) groups is 1. The number of methoxy groups -OCH3 is 1. The number of non-ortho nitro benzene ring substituents is 1. The highest BCUT2D eigenvalue weighted by atomic mass is 32.1. The van der Waals surface area contributed by atoms with Crippen molar-refractivity contribution in [1.82, 2.24) is 0 Å². The lowest BCUT2D eigenvalue weighted by atomic mass is 10.2. The van der Waals surface area contributed by atoms with Gasteiger partial charge in [-0.1, -0.05) is 12.1 Å². The van der Waals surface area contributed by atoms with Crippen molar-refractivity contribution < 1.29 is 19.2 Å². The normalized spacial score (nSPS) is 9.92. The minimum absolute atomic E-state index is 0.0982. The van der Waals surface area contributed by atoms with Crippen LogP contribution in [0.25, 0.3) is 0 Å². The molecule has 26 heavy (non-hydrogen) atoms. The van der Waals surface area contributed by atoms with Crippen molar-refractivity contribution in [3.05, 3.63) is 58.1 Å². The minimum Gasteiger partial charge on any atom is -0.494 e. The van der Waals surface area contributed by atoms with E-state index in [1.165, 1.54) is 25.3 Å². The second kappa shape index (κ2) is 8.77. The molecule has 0 bridgehead atoms. The van der Waals surface area contributed by atoms with Crippen LogP contribution in [0, 0.1) is 10.1 Å². The summed E-state index contributed by atoms with van der Waals surface area (Å²) < 4.78 is 10.2. The van der Waals surface area contributed by atoms with Crippen LogP contribution in [0.1, 0.15) is 17.3 Å². The lowest BCUT2D eigenvalue weighted by molar-refractivity contribution is -0.384. The summed E-state index contributed by atoms with van der Waals surface area (Å²) in [4.78, 5) is 22.3. The van der Waals surface area contributed by atoms with Gasteiger partial charge in [0.1, 0.15) is 5.75 Å². The second-order valence-electron chi connectivity index (χ2n) is 4.99. The molecule has 8 nitrogen and oxygen atoms in total. The fourth-order valence-corrected chi connectivity index (χ4v) is 2.37. The number of hydrogen-bond donors (Lipinski definition) is 2. The Labute approximate surface area is 155 Å². The van der Waals surface area contributed by atoms with Crippen molar-refractivity contribution in [2.75, 3.05) is 24.4 Å². The van der Waals surface area contributed by atoms with E-state index in [0.29, 0.717) is 16.9 Å². The Morgan fingerprint density at radius 2 is 1.88 bits per heavy atom. The number of anilines is 2. The molecule has 0 aromatic heterocycles. The lowest BCUT2D eigenvalue weighted by Gasteiger charge is -2.15. The number of hydrogen-bond acceptors (Lipinski definition) is 6. The van der Waals surface area contributed by atoms with Crippen LogP contribution in [-0.4, -0.2) is 29.7 Å². The first-order valence-electron chi connectivity index (χ1n) is 7.62. The summed E-state index contributed by atoms with van der Waals surface area (Å²) in [6.07, 6.45) is 0. The first-order valence-corrected chi connectivity index (χ1v) is 8.03. The van der Waals surface area contributed by atoms with E-state index >= 15 is 0 Å². The molecule has 0 aliphatic carbocycles. The molecule has 9 heteroatoms. The zero-order valence-electron chi connectivity index (χ0n) is 14.1. The number of nitro benzene ring substituents is 1. The van der Waals surface area contributed by atoms with E-state index in [-0.39, 0.29) is 23.2 Å². The predicted molar refractivity (Wildman–Crippen MR) is 102 cm³/mol. The van der Waals surface area contributed by atoms with E-state index in [4.69, 9.17) is 21.7 Å². The fourth-order valence-electron chi connectivity index (χ4n) is 2.15. The molecule has 2 N–H and O–H groups in total. The Morgan fingerprint density at radius 3 is 2.54 bits per heavy atom. The maximum absolute atomic E-state index is 12.0. The SMILES string of the molecule is CCOC(=O)c1ccccc1NC(=S)Nc1ccc([N+](=O)[O-])cc1OC. The molecule has 0 radical (unpaired) electrons. The van der Waals surface area contributed by atoms with Crippen LogP contribution < -0.4 is 15.4 Å². The van der Waals surface area contributed by atoms with Crippen LogP contribution in [0.4, 0.5) is 17.1 Å². The quantitative estimate of drug-likeness (QED) is 0.342. The van der Waals surface area contributed by atoms with Gasteiger partial charge in [0.05, 0.1) is 41.6 Å². The molecule has 0 spiro atoms. The van der Waals surface area contributed by atoms with Gasteiger partial charge in [-0.05, 0) is 37.3 Å². The molecule has 136 valence electrons. The van der Waals surface area contributed by atoms with Crippen molar-refractivity contribution in [3.8, 4) is 5.75 Å². The standard InChI is InChI=1S/C17H17N3O5S/c1-3-25-16(21)12-6-4-5-7-13(12)18-17(26)19-14-9-8-11(20(22)23)10-15(14)24-2/h4-10H,3H2,1-2H3,(H2,18,19,26). The van der Waals surface area contributed by atoms with Gasteiger partial charge in [-0.25, -0.2) is 4.79 Å². The Morgan fingerprint density at radius 1 is 1.19 bits per heavy atom. The third kappa shape index (κ3) is 4.67. The third-order valence-electron chi connectivity index (χ3n) is 3.31. The van der Waals surface area contributed by atoms with Crippen LogP contribution in [0.5, 0.6) is 5.75 Å². The largest absolute Gasteiger partial charge is 0.494 e. The molecule has 0 aliphatic heterocycles. The average Bonchev–Trinajstić information content (AvgIpc) is 2.62. The van der Waals surface area contributed by atoms with E-state index in [2.05, 4.69) is 10.6 Å². The van der Waals surface area contributed by atoms with Crippen LogP contribution in [-0.2, 0) is 4.74 Å². The van der Waals surface area contributed by atoms with Gasteiger partial charge in [-0.2, -0.15) is 0 Å². The predicted octanol–water partition coefficient (Wildman–Crippen LogP) is 3.59. The molecular weight excluding hydrogens is 358 g/mol. The number of para-hydroxylation sites is 1. The highest BCUT2D eigenvalue weighted by Gasteiger charge is 2.15. The number of carbonyl (C=O) groups excluding carboxylic acids is 1. The molecule has 0 aliphatic rings. The van der Waals surface area contributed by atoms with Gasteiger partial charge in [0.25, 0.3) is 5.69 Å². The molecule has 2 aromatic rings. The number of ether oxygens (including phenoxy) is 2. The average molecular weight is 375 g/mol. The molecule has 0 heterocycles. The van der Waals surface area contributed by atoms with E-state index < -0.39 is 10.9 Å². The van der Waals surface area contributed by atoms with Gasteiger partial charge in [-0.3, -0.25) is 10.1 Å². The zero-order valence-corrected chi connectivity index (χ0v) is 15.0. The number of nitrogens with one attached hydrogen (secondary N) is 2. The Kier molecular flexibility index (Phi) is 6.45. The van der Waals surface area contributed by atoms with Crippen molar-refractivity contribution in [1.29, 1.82) is 0 Å². The molecule has 0 saturated carbocycles. The molecule has 2 aromatic carbocycles. The molecular formula is C17H17N3O5S. The van der Waals surface area contributed by atoms with Crippen LogP contribution in [0.2, 0.25) is 0 Å². The molecule has 0 fully saturated rings. The molecule has 0 unspecified atom stereocenters. The third-order valence-corrected chi connectivity index (χ3v) is 3.52. The van der Waals surface area contributed by atoms with E-state index in [0.717, 1.165) is 0 Å². The maximum Gasteiger partial charge on any atom is 0.340 e. The van der Waals surface area contributed by atoms with Gasteiger partial charge < -0.3 is 20.1 Å². The van der Waals surface area contributed by atoms with Gasteiger partial charge in [-0.15, -0.1) is 0 Å². The molecule has 0 amide bonds. The summed E-state index contributed by atoms with van der Waals surface area (Å²) in [5.41, 5.74) is 1.17. The van der Waals surface area contributed by atoms with Crippen molar-refractivity contribution >= 4 is 40.4 Å². The van der Waals surface area contributed by atoms with E-state index in [9.17, 15) is 14.9 Å². The number of esters is 1. The molecule has 0 atom stereocenters. The van der Waals surface area contributed by atoms with Crippen molar-refractivity contribution in [2.45, 2.75) is 6.92 Å². The highest BCUT2D eigenvalue weighted by Crippen LogP contribution is 2.29. The number of carbonyl (C=O) groups is 1. The van der Waals surface area contributed by atoms with Crippen molar-refractivity contribution in [3.63, 3.8) is 0 Å². The van der Waals surface area contributed by atoms with E-state index in [1.807, 2.05) is 0 Å². The Hall–Kier alpha value is -3.20. The molecule has 0 saturated heterocycles. The van der Waals surface area contributed by atoms with Gasteiger partial charge >= 0.3 is 5.97 Å². The summed E-state index contributed by atoms with van der Waals surface area (Å²) in [6, 6.07) is 10.9. The number of rotatable bonds is 6. The number of nitrogens with zero attached hydrogens (tertiary/aromatic N) is 1. The Bertz CT molecular complexity index is 841. The lowest BCUT2D eigenvalue weighted by Crippen LogP contribution is -2.21. The van der Waals surface area contributed by atoms with Crippen LogP contribution in [0.15, 0.2) is 42.5 Å². The zero-order chi connectivity index (χ0) is 19.1. The number of benzene rings is 2. The maximum atomic E-state index is 12.0. The van der Waals surface area contributed by atoms with Gasteiger partial charge in [0, 0.05) is 6.07 Å². The summed E-state index contributed by atoms with van der Waals surface area (Å²) >= 11 is 5.26. The smallest absolute Gasteiger partial charge is 0.340 e. The number of nitro groups is 1. The van der Waals surface area contributed by atoms with Crippen LogP contribution in [0.3, 0.4) is 0 Å². The van der Waals surface area contributed by atoms with Crippen LogP contribution >= 0.6 is 12.2 Å². The first kappa shape index (κ1) is 19.1.